The average molecular weight is 384 g/mol. The Bertz CT molecular complexity index is 884. The number of hydrogen-bond acceptors (Lipinski definition) is 6. The van der Waals surface area contributed by atoms with Crippen LogP contribution in [0.5, 0.6) is 0 Å². The van der Waals surface area contributed by atoms with Gasteiger partial charge in [0.05, 0.1) is 6.26 Å². The molecule has 0 aliphatic carbocycles. The third kappa shape index (κ3) is 4.39. The maximum atomic E-state index is 13.2. The van der Waals surface area contributed by atoms with Crippen LogP contribution in [0.4, 0.5) is 10.1 Å². The van der Waals surface area contributed by atoms with Crippen molar-refractivity contribution in [2.24, 2.45) is 0 Å². The third-order valence-corrected chi connectivity index (χ3v) is 6.27. The van der Waals surface area contributed by atoms with E-state index in [1.807, 2.05) is 0 Å². The maximum absolute atomic E-state index is 13.2. The number of nitrogens with zero attached hydrogens (tertiary/aromatic N) is 3. The Kier molecular flexibility index (Phi) is 5.11. The van der Waals surface area contributed by atoms with Crippen LogP contribution in [0.2, 0.25) is 0 Å². The van der Waals surface area contributed by atoms with E-state index in [9.17, 15) is 17.6 Å². The highest BCUT2D eigenvalue weighted by Crippen LogP contribution is 2.30. The summed E-state index contributed by atoms with van der Waals surface area (Å²) in [7, 11) is -3.25. The van der Waals surface area contributed by atoms with Gasteiger partial charge in [-0.2, -0.15) is 0 Å². The standard InChI is InChI=1S/C15H17FN4O3S2/c1-25(22,23)20-7-3-4-10(9-20)14-18-19-15(24-14)13(21)17-12-6-2-5-11(16)8-12/h2,5-6,8,10H,3-4,7,9H2,1H3,(H,17,21). The molecule has 1 unspecified atom stereocenters. The molecule has 1 aliphatic rings. The van der Waals surface area contributed by atoms with Crippen LogP contribution in [0.1, 0.15) is 33.6 Å². The summed E-state index contributed by atoms with van der Waals surface area (Å²) < 4.78 is 38.0. The molecule has 7 nitrogen and oxygen atoms in total. The molecule has 1 atom stereocenters. The van der Waals surface area contributed by atoms with Gasteiger partial charge in [0.25, 0.3) is 5.91 Å². The topological polar surface area (TPSA) is 92.3 Å². The van der Waals surface area contributed by atoms with Crippen molar-refractivity contribution < 1.29 is 17.6 Å². The summed E-state index contributed by atoms with van der Waals surface area (Å²) in [6.45, 7) is 0.847. The van der Waals surface area contributed by atoms with Gasteiger partial charge in [0.15, 0.2) is 0 Å². The summed E-state index contributed by atoms with van der Waals surface area (Å²) in [6, 6.07) is 5.58. The van der Waals surface area contributed by atoms with E-state index in [4.69, 9.17) is 0 Å². The van der Waals surface area contributed by atoms with Crippen LogP contribution in [-0.2, 0) is 10.0 Å². The predicted molar refractivity (Wildman–Crippen MR) is 92.7 cm³/mol. The zero-order valence-electron chi connectivity index (χ0n) is 13.5. The lowest BCUT2D eigenvalue weighted by atomic mass is 10.0. The van der Waals surface area contributed by atoms with E-state index in [-0.39, 0.29) is 10.9 Å². The van der Waals surface area contributed by atoms with Gasteiger partial charge in [0, 0.05) is 24.7 Å². The summed E-state index contributed by atoms with van der Waals surface area (Å²) >= 11 is 1.13. The fourth-order valence-electron chi connectivity index (χ4n) is 2.69. The van der Waals surface area contributed by atoms with Gasteiger partial charge in [-0.05, 0) is 31.0 Å². The number of carbonyl (C=O) groups is 1. The van der Waals surface area contributed by atoms with Crippen LogP contribution >= 0.6 is 11.3 Å². The highest BCUT2D eigenvalue weighted by atomic mass is 32.2. The fourth-order valence-corrected chi connectivity index (χ4v) is 4.46. The van der Waals surface area contributed by atoms with E-state index in [0.717, 1.165) is 24.2 Å². The van der Waals surface area contributed by atoms with E-state index in [1.54, 1.807) is 6.07 Å². The molecule has 25 heavy (non-hydrogen) atoms. The number of amides is 1. The Morgan fingerprint density at radius 2 is 2.20 bits per heavy atom. The second kappa shape index (κ2) is 7.14. The quantitative estimate of drug-likeness (QED) is 0.871. The van der Waals surface area contributed by atoms with Crippen molar-refractivity contribution >= 4 is 33.0 Å². The van der Waals surface area contributed by atoms with Crippen molar-refractivity contribution in [2.75, 3.05) is 24.7 Å². The molecule has 1 fully saturated rings. The average Bonchev–Trinajstić information content (AvgIpc) is 3.04. The molecule has 0 spiro atoms. The molecule has 2 aromatic rings. The van der Waals surface area contributed by atoms with Gasteiger partial charge >= 0.3 is 0 Å². The SMILES string of the molecule is CS(=O)(=O)N1CCCC(c2nnc(C(=O)Nc3cccc(F)c3)s2)C1. The lowest BCUT2D eigenvalue weighted by Crippen LogP contribution is -2.38. The Hall–Kier alpha value is -1.91. The highest BCUT2D eigenvalue weighted by Gasteiger charge is 2.29. The molecule has 10 heteroatoms. The molecular formula is C15H17FN4O3S2. The van der Waals surface area contributed by atoms with Gasteiger partial charge < -0.3 is 5.32 Å². The van der Waals surface area contributed by atoms with E-state index < -0.39 is 21.7 Å². The second-order valence-corrected chi connectivity index (χ2v) is 8.86. The molecular weight excluding hydrogens is 367 g/mol. The summed E-state index contributed by atoms with van der Waals surface area (Å²) in [6.07, 6.45) is 2.72. The number of rotatable bonds is 4. The molecule has 0 saturated carbocycles. The maximum Gasteiger partial charge on any atom is 0.286 e. The van der Waals surface area contributed by atoms with E-state index in [1.165, 1.54) is 28.8 Å². The van der Waals surface area contributed by atoms with Crippen molar-refractivity contribution in [1.82, 2.24) is 14.5 Å². The van der Waals surface area contributed by atoms with Crippen LogP contribution in [0, 0.1) is 5.82 Å². The zero-order chi connectivity index (χ0) is 18.0. The van der Waals surface area contributed by atoms with Gasteiger partial charge in [0.2, 0.25) is 15.0 Å². The number of anilines is 1. The molecule has 1 aromatic carbocycles. The number of sulfonamides is 1. The first kappa shape index (κ1) is 17.9. The molecule has 2 heterocycles. The highest BCUT2D eigenvalue weighted by molar-refractivity contribution is 7.88. The molecule has 1 aliphatic heterocycles. The second-order valence-electron chi connectivity index (χ2n) is 5.87. The molecule has 1 amide bonds. The molecule has 0 bridgehead atoms. The van der Waals surface area contributed by atoms with Gasteiger partial charge in [-0.25, -0.2) is 17.1 Å². The number of benzene rings is 1. The summed E-state index contributed by atoms with van der Waals surface area (Å²) in [5.74, 6) is -0.986. The van der Waals surface area contributed by atoms with Crippen LogP contribution in [-0.4, -0.2) is 48.2 Å². The normalized spacial score (nSPS) is 18.9. The summed E-state index contributed by atoms with van der Waals surface area (Å²) in [5.41, 5.74) is 0.336. The van der Waals surface area contributed by atoms with Crippen molar-refractivity contribution in [3.8, 4) is 0 Å². The first-order chi connectivity index (χ1) is 11.8. The van der Waals surface area contributed by atoms with Gasteiger partial charge in [-0.1, -0.05) is 17.4 Å². The van der Waals surface area contributed by atoms with Gasteiger partial charge in [-0.15, -0.1) is 10.2 Å². The van der Waals surface area contributed by atoms with Crippen LogP contribution in [0.25, 0.3) is 0 Å². The Labute approximate surface area is 148 Å². The Morgan fingerprint density at radius 1 is 1.40 bits per heavy atom. The lowest BCUT2D eigenvalue weighted by Gasteiger charge is -2.29. The fraction of sp³-hybridized carbons (Fsp3) is 0.400. The van der Waals surface area contributed by atoms with Gasteiger partial charge in [-0.3, -0.25) is 4.79 Å². The van der Waals surface area contributed by atoms with Crippen molar-refractivity contribution in [1.29, 1.82) is 0 Å². The van der Waals surface area contributed by atoms with E-state index in [2.05, 4.69) is 15.5 Å². The van der Waals surface area contributed by atoms with Crippen molar-refractivity contribution in [3.63, 3.8) is 0 Å². The number of carbonyl (C=O) groups excluding carboxylic acids is 1. The Balaban J connectivity index is 1.70. The third-order valence-electron chi connectivity index (χ3n) is 3.92. The molecule has 1 N–H and O–H groups in total. The van der Waals surface area contributed by atoms with Crippen LogP contribution in [0.3, 0.4) is 0 Å². The monoisotopic (exact) mass is 384 g/mol. The summed E-state index contributed by atoms with van der Waals surface area (Å²) in [4.78, 5) is 12.2. The zero-order valence-corrected chi connectivity index (χ0v) is 15.1. The Morgan fingerprint density at radius 3 is 2.92 bits per heavy atom. The molecule has 134 valence electrons. The van der Waals surface area contributed by atoms with Crippen molar-refractivity contribution in [3.05, 3.63) is 40.1 Å². The minimum Gasteiger partial charge on any atom is -0.320 e. The first-order valence-corrected chi connectivity index (χ1v) is 10.3. The van der Waals surface area contributed by atoms with Crippen molar-refractivity contribution in [2.45, 2.75) is 18.8 Å². The molecule has 1 aromatic heterocycles. The predicted octanol–water partition coefficient (Wildman–Crippen LogP) is 2.07. The molecule has 3 rings (SSSR count). The molecule has 1 saturated heterocycles. The number of hydrogen-bond donors (Lipinski definition) is 1. The summed E-state index contributed by atoms with van der Waals surface area (Å²) in [5, 5.41) is 11.3. The van der Waals surface area contributed by atoms with E-state index in [0.29, 0.717) is 23.8 Å². The number of nitrogens with one attached hydrogen (secondary N) is 1. The molecule has 0 radical (unpaired) electrons. The largest absolute Gasteiger partial charge is 0.320 e. The minimum atomic E-state index is -3.25. The number of halogens is 1. The minimum absolute atomic E-state index is 0.0725. The van der Waals surface area contributed by atoms with Crippen LogP contribution < -0.4 is 5.32 Å². The van der Waals surface area contributed by atoms with E-state index >= 15 is 0 Å². The van der Waals surface area contributed by atoms with Crippen LogP contribution in [0.15, 0.2) is 24.3 Å². The smallest absolute Gasteiger partial charge is 0.286 e. The van der Waals surface area contributed by atoms with Gasteiger partial charge in [0.1, 0.15) is 10.8 Å². The first-order valence-electron chi connectivity index (χ1n) is 7.68. The number of aromatic nitrogens is 2. The number of piperidine rings is 1. The lowest BCUT2D eigenvalue weighted by molar-refractivity contribution is 0.102.